The number of halogens is 3. The van der Waals surface area contributed by atoms with Gasteiger partial charge in [0.2, 0.25) is 10.0 Å². The SMILES string of the molecule is CC(C)CC(C)N(C)S(=O)(=O)c1cc(Cl)c(Br)c(N)c1F. The lowest BCUT2D eigenvalue weighted by molar-refractivity contribution is 0.336. The highest BCUT2D eigenvalue weighted by molar-refractivity contribution is 9.10. The van der Waals surface area contributed by atoms with Gasteiger partial charge in [0.1, 0.15) is 4.90 Å². The van der Waals surface area contributed by atoms with Gasteiger partial charge in [-0.3, -0.25) is 0 Å². The van der Waals surface area contributed by atoms with Crippen LogP contribution >= 0.6 is 27.5 Å². The quantitative estimate of drug-likeness (QED) is 0.601. The van der Waals surface area contributed by atoms with Gasteiger partial charge in [-0.2, -0.15) is 4.31 Å². The van der Waals surface area contributed by atoms with Crippen molar-refractivity contribution < 1.29 is 12.8 Å². The Morgan fingerprint density at radius 3 is 2.43 bits per heavy atom. The lowest BCUT2D eigenvalue weighted by Gasteiger charge is -2.26. The van der Waals surface area contributed by atoms with Crippen LogP contribution in [0.3, 0.4) is 0 Å². The lowest BCUT2D eigenvalue weighted by atomic mass is 10.1. The van der Waals surface area contributed by atoms with Gasteiger partial charge in [0.05, 0.1) is 15.2 Å². The minimum absolute atomic E-state index is 0.0531. The molecule has 4 nitrogen and oxygen atoms in total. The molecule has 120 valence electrons. The summed E-state index contributed by atoms with van der Waals surface area (Å²) in [5, 5.41) is 0.0531. The summed E-state index contributed by atoms with van der Waals surface area (Å²) in [6.07, 6.45) is 0.664. The first-order valence-electron chi connectivity index (χ1n) is 6.41. The Bertz CT molecular complexity index is 638. The van der Waals surface area contributed by atoms with Crippen LogP contribution in [0.15, 0.2) is 15.4 Å². The minimum atomic E-state index is -4.00. The molecule has 0 aliphatic carbocycles. The normalized spacial score (nSPS) is 14.0. The molecule has 1 atom stereocenters. The average Bonchev–Trinajstić information content (AvgIpc) is 2.38. The fourth-order valence-electron chi connectivity index (χ4n) is 2.01. The number of sulfonamides is 1. The van der Waals surface area contributed by atoms with Gasteiger partial charge in [0.15, 0.2) is 5.82 Å². The number of hydrogen-bond acceptors (Lipinski definition) is 3. The molecule has 2 N–H and O–H groups in total. The highest BCUT2D eigenvalue weighted by Crippen LogP contribution is 2.36. The topological polar surface area (TPSA) is 63.4 Å². The maximum atomic E-state index is 14.2. The molecule has 0 heterocycles. The fraction of sp³-hybridized carbons (Fsp3) is 0.538. The van der Waals surface area contributed by atoms with Gasteiger partial charge in [-0.05, 0) is 41.3 Å². The molecule has 0 spiro atoms. The molecule has 21 heavy (non-hydrogen) atoms. The number of nitrogens with zero attached hydrogens (tertiary/aromatic N) is 1. The third-order valence-corrected chi connectivity index (χ3v) is 6.60. The second kappa shape index (κ2) is 6.81. The van der Waals surface area contributed by atoms with E-state index < -0.39 is 20.7 Å². The van der Waals surface area contributed by atoms with E-state index in [1.54, 1.807) is 6.92 Å². The third kappa shape index (κ3) is 3.88. The molecule has 1 aromatic rings. The largest absolute Gasteiger partial charge is 0.395 e. The van der Waals surface area contributed by atoms with E-state index in [0.29, 0.717) is 12.3 Å². The predicted octanol–water partition coefficient (Wildman–Crippen LogP) is 3.88. The predicted molar refractivity (Wildman–Crippen MR) is 87.4 cm³/mol. The number of benzene rings is 1. The zero-order valence-corrected chi connectivity index (χ0v) is 15.5. The first kappa shape index (κ1) is 18.7. The van der Waals surface area contributed by atoms with Gasteiger partial charge in [0, 0.05) is 13.1 Å². The molecule has 1 aromatic carbocycles. The minimum Gasteiger partial charge on any atom is -0.395 e. The zero-order chi connectivity index (χ0) is 16.5. The Hall–Kier alpha value is -0.370. The van der Waals surface area contributed by atoms with Crippen LogP contribution in [0.5, 0.6) is 0 Å². The lowest BCUT2D eigenvalue weighted by Crippen LogP contribution is -2.36. The highest BCUT2D eigenvalue weighted by Gasteiger charge is 2.30. The van der Waals surface area contributed by atoms with Crippen molar-refractivity contribution in [2.24, 2.45) is 5.92 Å². The summed E-state index contributed by atoms with van der Waals surface area (Å²) in [5.74, 6) is -0.670. The van der Waals surface area contributed by atoms with Gasteiger partial charge in [-0.25, -0.2) is 12.8 Å². The van der Waals surface area contributed by atoms with Gasteiger partial charge in [-0.1, -0.05) is 25.4 Å². The van der Waals surface area contributed by atoms with E-state index in [1.807, 2.05) is 13.8 Å². The van der Waals surface area contributed by atoms with Crippen LogP contribution < -0.4 is 5.73 Å². The number of rotatable bonds is 5. The van der Waals surface area contributed by atoms with Crippen LogP contribution in [0.4, 0.5) is 10.1 Å². The summed E-state index contributed by atoms with van der Waals surface area (Å²) < 4.78 is 40.6. The van der Waals surface area contributed by atoms with E-state index in [2.05, 4.69) is 15.9 Å². The van der Waals surface area contributed by atoms with Crippen molar-refractivity contribution in [2.75, 3.05) is 12.8 Å². The molecule has 8 heteroatoms. The first-order chi connectivity index (χ1) is 9.50. The summed E-state index contributed by atoms with van der Waals surface area (Å²) in [7, 11) is -2.58. The number of hydrogen-bond donors (Lipinski definition) is 1. The molecular weight excluding hydrogens is 383 g/mol. The third-order valence-electron chi connectivity index (χ3n) is 3.25. The fourth-order valence-corrected chi connectivity index (χ4v) is 4.05. The summed E-state index contributed by atoms with van der Waals surface area (Å²) in [6, 6.07) is 0.809. The van der Waals surface area contributed by atoms with E-state index in [0.717, 1.165) is 10.4 Å². The molecule has 0 aromatic heterocycles. The van der Waals surface area contributed by atoms with Crippen molar-refractivity contribution >= 4 is 43.2 Å². The van der Waals surface area contributed by atoms with Crippen LogP contribution in [0.2, 0.25) is 5.02 Å². The smallest absolute Gasteiger partial charge is 0.246 e. The van der Waals surface area contributed by atoms with E-state index in [-0.39, 0.29) is 21.2 Å². The van der Waals surface area contributed by atoms with Crippen molar-refractivity contribution in [1.82, 2.24) is 4.31 Å². The Morgan fingerprint density at radius 2 is 1.95 bits per heavy atom. The van der Waals surface area contributed by atoms with Crippen LogP contribution in [0.25, 0.3) is 0 Å². The van der Waals surface area contributed by atoms with Crippen molar-refractivity contribution in [2.45, 2.75) is 38.1 Å². The molecule has 1 unspecified atom stereocenters. The molecule has 1 rings (SSSR count). The van der Waals surface area contributed by atoms with Crippen LogP contribution in [-0.4, -0.2) is 25.8 Å². The molecule has 0 bridgehead atoms. The molecular formula is C13H19BrClFN2O2S. The average molecular weight is 402 g/mol. The maximum absolute atomic E-state index is 14.2. The van der Waals surface area contributed by atoms with Gasteiger partial charge < -0.3 is 5.73 Å². The van der Waals surface area contributed by atoms with E-state index >= 15 is 0 Å². The summed E-state index contributed by atoms with van der Waals surface area (Å²) >= 11 is 8.91. The first-order valence-corrected chi connectivity index (χ1v) is 9.02. The number of nitrogens with two attached hydrogens (primary N) is 1. The molecule has 0 radical (unpaired) electrons. The number of anilines is 1. The van der Waals surface area contributed by atoms with Crippen molar-refractivity contribution in [1.29, 1.82) is 0 Å². The Labute approximate surface area is 138 Å². The molecule has 0 fully saturated rings. The van der Waals surface area contributed by atoms with Crippen LogP contribution in [0.1, 0.15) is 27.2 Å². The Kier molecular flexibility index (Phi) is 6.06. The zero-order valence-electron chi connectivity index (χ0n) is 12.3. The van der Waals surface area contributed by atoms with Crippen molar-refractivity contribution in [3.05, 3.63) is 21.4 Å². The Morgan fingerprint density at radius 1 is 1.43 bits per heavy atom. The maximum Gasteiger partial charge on any atom is 0.246 e. The molecule has 0 saturated carbocycles. The summed E-state index contributed by atoms with van der Waals surface area (Å²) in [4.78, 5) is -0.508. The van der Waals surface area contributed by atoms with E-state index in [1.165, 1.54) is 7.05 Å². The van der Waals surface area contributed by atoms with Gasteiger partial charge >= 0.3 is 0 Å². The van der Waals surface area contributed by atoms with Gasteiger partial charge in [-0.15, -0.1) is 0 Å². The Balaban J connectivity index is 3.32. The molecule has 0 aliphatic heterocycles. The highest BCUT2D eigenvalue weighted by atomic mass is 79.9. The van der Waals surface area contributed by atoms with E-state index in [9.17, 15) is 12.8 Å². The molecule has 0 saturated heterocycles. The molecule has 0 aliphatic rings. The standard InChI is InChI=1S/C13H19BrClFN2O2S/c1-7(2)5-8(3)18(4)21(19,20)10-6-9(15)11(14)13(17)12(10)16/h6-8H,5,17H2,1-4H3. The number of nitrogen functional groups attached to an aromatic ring is 1. The summed E-state index contributed by atoms with van der Waals surface area (Å²) in [6.45, 7) is 5.76. The summed E-state index contributed by atoms with van der Waals surface area (Å²) in [5.41, 5.74) is 5.23. The monoisotopic (exact) mass is 400 g/mol. The second-order valence-electron chi connectivity index (χ2n) is 5.40. The van der Waals surface area contributed by atoms with Crippen molar-refractivity contribution in [3.8, 4) is 0 Å². The van der Waals surface area contributed by atoms with E-state index in [4.69, 9.17) is 17.3 Å². The van der Waals surface area contributed by atoms with Gasteiger partial charge in [0.25, 0.3) is 0 Å². The second-order valence-corrected chi connectivity index (χ2v) is 8.56. The van der Waals surface area contributed by atoms with Crippen molar-refractivity contribution in [3.63, 3.8) is 0 Å². The van der Waals surface area contributed by atoms with Crippen LogP contribution in [0, 0.1) is 11.7 Å². The molecule has 0 amide bonds. The van der Waals surface area contributed by atoms with Crippen LogP contribution in [-0.2, 0) is 10.0 Å².